The van der Waals surface area contributed by atoms with Gasteiger partial charge in [0.05, 0.1) is 0 Å². The summed E-state index contributed by atoms with van der Waals surface area (Å²) in [5.74, 6) is -2.95. The molecule has 4 nitrogen and oxygen atoms in total. The third kappa shape index (κ3) is 3.47. The van der Waals surface area contributed by atoms with Gasteiger partial charge in [0, 0.05) is 10.7 Å². The van der Waals surface area contributed by atoms with E-state index >= 15 is 0 Å². The lowest BCUT2D eigenvalue weighted by atomic mass is 9.95. The van der Waals surface area contributed by atoms with Crippen LogP contribution in [-0.2, 0) is 9.59 Å². The van der Waals surface area contributed by atoms with Crippen LogP contribution >= 0.6 is 11.6 Å². The number of aryl methyl sites for hydroxylation is 1. The van der Waals surface area contributed by atoms with E-state index in [-0.39, 0.29) is 5.92 Å². The Labute approximate surface area is 111 Å². The summed E-state index contributed by atoms with van der Waals surface area (Å²) in [5.41, 5.74) is 1.38. The van der Waals surface area contributed by atoms with Crippen molar-refractivity contribution in [3.63, 3.8) is 0 Å². The van der Waals surface area contributed by atoms with E-state index in [0.717, 1.165) is 5.56 Å². The number of carboxylic acid groups (broad SMARTS) is 1. The van der Waals surface area contributed by atoms with Crippen LogP contribution in [0.4, 0.5) is 5.69 Å². The van der Waals surface area contributed by atoms with E-state index in [0.29, 0.717) is 10.7 Å². The maximum atomic E-state index is 11.9. The zero-order chi connectivity index (χ0) is 13.9. The minimum absolute atomic E-state index is 0.268. The Morgan fingerprint density at radius 1 is 1.33 bits per heavy atom. The van der Waals surface area contributed by atoms with E-state index in [9.17, 15) is 9.59 Å². The normalized spacial score (nSPS) is 12.3. The molecule has 0 bridgehead atoms. The maximum Gasteiger partial charge on any atom is 0.316 e. The molecular weight excluding hydrogens is 254 g/mol. The zero-order valence-electron chi connectivity index (χ0n) is 10.5. The van der Waals surface area contributed by atoms with Crippen molar-refractivity contribution >= 4 is 29.2 Å². The molecule has 0 aliphatic heterocycles. The molecule has 18 heavy (non-hydrogen) atoms. The molecule has 0 radical (unpaired) electrons. The third-order valence-electron chi connectivity index (χ3n) is 2.66. The summed E-state index contributed by atoms with van der Waals surface area (Å²) in [6, 6.07) is 5.02. The number of anilines is 1. The van der Waals surface area contributed by atoms with Crippen LogP contribution in [0.25, 0.3) is 0 Å². The van der Waals surface area contributed by atoms with Crippen molar-refractivity contribution in [1.29, 1.82) is 0 Å². The van der Waals surface area contributed by atoms with E-state index in [2.05, 4.69) is 5.32 Å². The standard InChI is InChI=1S/C13H16ClNO3/c1-7(2)11(13(17)18)12(16)15-10-5-4-9(14)6-8(10)3/h4-7,11H,1-3H3,(H,15,16)(H,17,18). The largest absolute Gasteiger partial charge is 0.481 e. The second kappa shape index (κ2) is 5.87. The van der Waals surface area contributed by atoms with Crippen LogP contribution in [0.15, 0.2) is 18.2 Å². The second-order valence-corrected chi connectivity index (χ2v) is 4.94. The highest BCUT2D eigenvalue weighted by Crippen LogP contribution is 2.21. The summed E-state index contributed by atoms with van der Waals surface area (Å²) in [6.07, 6.45) is 0. The summed E-state index contributed by atoms with van der Waals surface area (Å²) >= 11 is 5.81. The van der Waals surface area contributed by atoms with Crippen molar-refractivity contribution in [2.75, 3.05) is 5.32 Å². The summed E-state index contributed by atoms with van der Waals surface area (Å²) < 4.78 is 0. The average molecular weight is 270 g/mol. The van der Waals surface area contributed by atoms with Gasteiger partial charge in [0.15, 0.2) is 0 Å². The molecule has 0 aromatic heterocycles. The number of nitrogens with one attached hydrogen (secondary N) is 1. The fraction of sp³-hybridized carbons (Fsp3) is 0.385. The fourth-order valence-electron chi connectivity index (χ4n) is 1.68. The van der Waals surface area contributed by atoms with Gasteiger partial charge >= 0.3 is 5.97 Å². The van der Waals surface area contributed by atoms with Gasteiger partial charge in [0.2, 0.25) is 5.91 Å². The zero-order valence-corrected chi connectivity index (χ0v) is 11.3. The van der Waals surface area contributed by atoms with Crippen molar-refractivity contribution in [1.82, 2.24) is 0 Å². The number of aliphatic carboxylic acids is 1. The number of halogens is 1. The van der Waals surface area contributed by atoms with Gasteiger partial charge in [-0.15, -0.1) is 0 Å². The topological polar surface area (TPSA) is 66.4 Å². The first-order valence-corrected chi connectivity index (χ1v) is 6.00. The molecule has 1 atom stereocenters. The lowest BCUT2D eigenvalue weighted by Gasteiger charge is -2.17. The Kier molecular flexibility index (Phi) is 4.73. The Bertz CT molecular complexity index is 471. The first-order chi connectivity index (χ1) is 8.32. The highest BCUT2D eigenvalue weighted by molar-refractivity contribution is 6.30. The van der Waals surface area contributed by atoms with Crippen molar-refractivity contribution in [2.45, 2.75) is 20.8 Å². The van der Waals surface area contributed by atoms with Gasteiger partial charge < -0.3 is 10.4 Å². The SMILES string of the molecule is Cc1cc(Cl)ccc1NC(=O)C(C(=O)O)C(C)C. The Hall–Kier alpha value is -1.55. The molecule has 0 fully saturated rings. The molecular formula is C13H16ClNO3. The molecule has 0 aliphatic carbocycles. The molecule has 1 aromatic rings. The third-order valence-corrected chi connectivity index (χ3v) is 2.90. The van der Waals surface area contributed by atoms with Crippen LogP contribution in [-0.4, -0.2) is 17.0 Å². The molecule has 1 rings (SSSR count). The lowest BCUT2D eigenvalue weighted by molar-refractivity contribution is -0.147. The molecule has 1 aromatic carbocycles. The first kappa shape index (κ1) is 14.5. The Morgan fingerprint density at radius 2 is 1.94 bits per heavy atom. The average Bonchev–Trinajstić information content (AvgIpc) is 2.21. The minimum atomic E-state index is -1.12. The maximum absolute atomic E-state index is 11.9. The number of carbonyl (C=O) groups excluding carboxylic acids is 1. The van der Waals surface area contributed by atoms with Gasteiger partial charge in [0.25, 0.3) is 0 Å². The van der Waals surface area contributed by atoms with E-state index in [4.69, 9.17) is 16.7 Å². The van der Waals surface area contributed by atoms with Crippen molar-refractivity contribution < 1.29 is 14.7 Å². The van der Waals surface area contributed by atoms with Crippen LogP contribution in [0.2, 0.25) is 5.02 Å². The summed E-state index contributed by atoms with van der Waals surface area (Å²) in [7, 11) is 0. The van der Waals surface area contributed by atoms with Crippen LogP contribution in [0.1, 0.15) is 19.4 Å². The lowest BCUT2D eigenvalue weighted by Crippen LogP contribution is -2.33. The van der Waals surface area contributed by atoms with Crippen LogP contribution in [0.5, 0.6) is 0 Å². The van der Waals surface area contributed by atoms with Gasteiger partial charge in [-0.2, -0.15) is 0 Å². The molecule has 0 heterocycles. The summed E-state index contributed by atoms with van der Waals surface area (Å²) in [4.78, 5) is 22.9. The first-order valence-electron chi connectivity index (χ1n) is 5.62. The van der Waals surface area contributed by atoms with Crippen LogP contribution in [0, 0.1) is 18.8 Å². The number of rotatable bonds is 4. The fourth-order valence-corrected chi connectivity index (χ4v) is 1.90. The molecule has 0 aliphatic rings. The van der Waals surface area contributed by atoms with E-state index in [1.165, 1.54) is 0 Å². The Morgan fingerprint density at radius 3 is 2.39 bits per heavy atom. The van der Waals surface area contributed by atoms with Crippen molar-refractivity contribution in [3.8, 4) is 0 Å². The molecule has 5 heteroatoms. The number of hydrogen-bond donors (Lipinski definition) is 2. The highest BCUT2D eigenvalue weighted by atomic mass is 35.5. The Balaban J connectivity index is 2.89. The molecule has 0 saturated carbocycles. The van der Waals surface area contributed by atoms with Gasteiger partial charge in [-0.25, -0.2) is 0 Å². The van der Waals surface area contributed by atoms with Crippen LogP contribution in [0.3, 0.4) is 0 Å². The minimum Gasteiger partial charge on any atom is -0.481 e. The summed E-state index contributed by atoms with van der Waals surface area (Å²) in [5, 5.41) is 12.2. The van der Waals surface area contributed by atoms with Crippen molar-refractivity contribution in [2.24, 2.45) is 11.8 Å². The second-order valence-electron chi connectivity index (χ2n) is 4.51. The van der Waals surface area contributed by atoms with E-state index in [1.54, 1.807) is 39.0 Å². The van der Waals surface area contributed by atoms with Crippen molar-refractivity contribution in [3.05, 3.63) is 28.8 Å². The van der Waals surface area contributed by atoms with Gasteiger partial charge in [-0.3, -0.25) is 9.59 Å². The highest BCUT2D eigenvalue weighted by Gasteiger charge is 2.29. The van der Waals surface area contributed by atoms with Gasteiger partial charge in [-0.05, 0) is 36.6 Å². The monoisotopic (exact) mass is 269 g/mol. The number of amides is 1. The quantitative estimate of drug-likeness (QED) is 0.826. The molecule has 1 unspecified atom stereocenters. The molecule has 0 spiro atoms. The summed E-state index contributed by atoms with van der Waals surface area (Å²) in [6.45, 7) is 5.20. The molecule has 2 N–H and O–H groups in total. The van der Waals surface area contributed by atoms with Gasteiger partial charge in [0.1, 0.15) is 5.92 Å². The van der Waals surface area contributed by atoms with Gasteiger partial charge in [-0.1, -0.05) is 25.4 Å². The smallest absolute Gasteiger partial charge is 0.316 e. The van der Waals surface area contributed by atoms with Crippen LogP contribution < -0.4 is 5.32 Å². The number of hydrogen-bond acceptors (Lipinski definition) is 2. The predicted molar refractivity (Wildman–Crippen MR) is 70.8 cm³/mol. The number of benzene rings is 1. The molecule has 98 valence electrons. The molecule has 0 saturated heterocycles. The van der Waals surface area contributed by atoms with E-state index < -0.39 is 17.8 Å². The predicted octanol–water partition coefficient (Wildman–Crippen LogP) is 2.94. The number of carbonyl (C=O) groups is 2. The van der Waals surface area contributed by atoms with E-state index in [1.807, 2.05) is 0 Å². The molecule has 1 amide bonds. The number of carboxylic acids is 1.